The predicted octanol–water partition coefficient (Wildman–Crippen LogP) is 2.45. The Morgan fingerprint density at radius 3 is 2.88 bits per heavy atom. The van der Waals surface area contributed by atoms with Crippen molar-refractivity contribution < 1.29 is 9.47 Å². The predicted molar refractivity (Wildman–Crippen MR) is 66.5 cm³/mol. The van der Waals surface area contributed by atoms with Gasteiger partial charge in [0.2, 0.25) is 0 Å². The first-order valence-electron chi connectivity index (χ1n) is 5.63. The number of aryl methyl sites for hydroxylation is 1. The van der Waals surface area contributed by atoms with Crippen molar-refractivity contribution in [3.05, 3.63) is 30.2 Å². The maximum absolute atomic E-state index is 5.88. The quantitative estimate of drug-likeness (QED) is 0.815. The van der Waals surface area contributed by atoms with Gasteiger partial charge in [0.1, 0.15) is 17.0 Å². The van der Waals surface area contributed by atoms with E-state index in [4.69, 9.17) is 9.47 Å². The number of hydrogen-bond donors (Lipinski definition) is 0. The SMILES string of the molecule is COCC(C)(C)Oc1ccn2cc(C)nc2c1. The van der Waals surface area contributed by atoms with Gasteiger partial charge < -0.3 is 13.9 Å². The molecule has 0 fully saturated rings. The van der Waals surface area contributed by atoms with E-state index in [9.17, 15) is 0 Å². The van der Waals surface area contributed by atoms with E-state index in [1.165, 1.54) is 0 Å². The highest BCUT2D eigenvalue weighted by Crippen LogP contribution is 2.20. The second-order valence-electron chi connectivity index (χ2n) is 4.80. The van der Waals surface area contributed by atoms with Crippen molar-refractivity contribution in [1.29, 1.82) is 0 Å². The Morgan fingerprint density at radius 1 is 1.41 bits per heavy atom. The molecule has 2 aromatic heterocycles. The number of aromatic nitrogens is 2. The van der Waals surface area contributed by atoms with E-state index >= 15 is 0 Å². The van der Waals surface area contributed by atoms with Gasteiger partial charge in [-0.15, -0.1) is 0 Å². The standard InChI is InChI=1S/C13H18N2O2/c1-10-8-15-6-5-11(7-12(15)14-10)17-13(2,3)9-16-4/h5-8H,9H2,1-4H3. The zero-order valence-electron chi connectivity index (χ0n) is 10.7. The Kier molecular flexibility index (Phi) is 3.07. The van der Waals surface area contributed by atoms with Crippen LogP contribution < -0.4 is 4.74 Å². The number of nitrogens with zero attached hydrogens (tertiary/aromatic N) is 2. The van der Waals surface area contributed by atoms with Gasteiger partial charge in [-0.3, -0.25) is 0 Å². The number of ether oxygens (including phenoxy) is 2. The molecular formula is C13H18N2O2. The maximum Gasteiger partial charge on any atom is 0.140 e. The molecule has 2 rings (SSSR count). The van der Waals surface area contributed by atoms with E-state index in [-0.39, 0.29) is 5.60 Å². The van der Waals surface area contributed by atoms with Crippen LogP contribution in [0.1, 0.15) is 19.5 Å². The van der Waals surface area contributed by atoms with Crippen molar-refractivity contribution in [2.45, 2.75) is 26.4 Å². The van der Waals surface area contributed by atoms with E-state index < -0.39 is 0 Å². The summed E-state index contributed by atoms with van der Waals surface area (Å²) in [4.78, 5) is 4.40. The minimum atomic E-state index is -0.339. The fourth-order valence-corrected chi connectivity index (χ4v) is 1.85. The Balaban J connectivity index is 2.24. The van der Waals surface area contributed by atoms with Gasteiger partial charge >= 0.3 is 0 Å². The number of methoxy groups -OCH3 is 1. The van der Waals surface area contributed by atoms with Crippen LogP contribution in [0, 0.1) is 6.92 Å². The van der Waals surface area contributed by atoms with E-state index in [1.54, 1.807) is 7.11 Å². The van der Waals surface area contributed by atoms with Crippen molar-refractivity contribution in [3.63, 3.8) is 0 Å². The van der Waals surface area contributed by atoms with E-state index in [0.29, 0.717) is 6.61 Å². The second kappa shape index (κ2) is 4.37. The van der Waals surface area contributed by atoms with Crippen molar-refractivity contribution in [2.75, 3.05) is 13.7 Å². The Hall–Kier alpha value is -1.55. The van der Waals surface area contributed by atoms with Crippen LogP contribution in [0.25, 0.3) is 5.65 Å². The van der Waals surface area contributed by atoms with Crippen LogP contribution in [0.5, 0.6) is 5.75 Å². The number of hydrogen-bond acceptors (Lipinski definition) is 3. The van der Waals surface area contributed by atoms with Gasteiger partial charge in [0.15, 0.2) is 0 Å². The molecule has 0 N–H and O–H groups in total. The number of pyridine rings is 1. The first-order valence-corrected chi connectivity index (χ1v) is 5.63. The summed E-state index contributed by atoms with van der Waals surface area (Å²) in [5, 5.41) is 0. The molecular weight excluding hydrogens is 216 g/mol. The summed E-state index contributed by atoms with van der Waals surface area (Å²) in [5.74, 6) is 0.810. The highest BCUT2D eigenvalue weighted by Gasteiger charge is 2.19. The molecule has 4 nitrogen and oxygen atoms in total. The van der Waals surface area contributed by atoms with Crippen molar-refractivity contribution in [3.8, 4) is 5.75 Å². The zero-order chi connectivity index (χ0) is 12.5. The second-order valence-corrected chi connectivity index (χ2v) is 4.80. The van der Waals surface area contributed by atoms with Gasteiger partial charge in [-0.25, -0.2) is 4.98 Å². The molecule has 0 aliphatic heterocycles. The molecule has 4 heteroatoms. The Morgan fingerprint density at radius 2 is 2.18 bits per heavy atom. The highest BCUT2D eigenvalue weighted by atomic mass is 16.5. The first kappa shape index (κ1) is 11.9. The molecule has 2 heterocycles. The van der Waals surface area contributed by atoms with Crippen LogP contribution in [0.3, 0.4) is 0 Å². The van der Waals surface area contributed by atoms with Gasteiger partial charge in [-0.2, -0.15) is 0 Å². The Labute approximate surface area is 101 Å². The average molecular weight is 234 g/mol. The first-order chi connectivity index (χ1) is 8.00. The third-order valence-corrected chi connectivity index (χ3v) is 2.44. The summed E-state index contributed by atoms with van der Waals surface area (Å²) in [6, 6.07) is 3.87. The van der Waals surface area contributed by atoms with E-state index in [2.05, 4.69) is 4.98 Å². The molecule has 0 radical (unpaired) electrons. The molecule has 0 aromatic carbocycles. The lowest BCUT2D eigenvalue weighted by Crippen LogP contribution is -2.33. The molecule has 0 aliphatic rings. The Bertz CT molecular complexity index is 517. The molecule has 17 heavy (non-hydrogen) atoms. The molecule has 0 aliphatic carbocycles. The average Bonchev–Trinajstić information content (AvgIpc) is 2.56. The number of fused-ring (bicyclic) bond motifs is 1. The summed E-state index contributed by atoms with van der Waals surface area (Å²) in [5.41, 5.74) is 1.56. The van der Waals surface area contributed by atoms with Gasteiger partial charge in [-0.1, -0.05) is 0 Å². The van der Waals surface area contributed by atoms with Crippen LogP contribution in [-0.4, -0.2) is 28.7 Å². The molecule has 0 saturated carbocycles. The van der Waals surface area contributed by atoms with Crippen molar-refractivity contribution >= 4 is 5.65 Å². The molecule has 0 unspecified atom stereocenters. The highest BCUT2D eigenvalue weighted by molar-refractivity contribution is 5.45. The normalized spacial score (nSPS) is 12.0. The molecule has 92 valence electrons. The monoisotopic (exact) mass is 234 g/mol. The smallest absolute Gasteiger partial charge is 0.140 e. The molecule has 0 bridgehead atoms. The third kappa shape index (κ3) is 2.77. The summed E-state index contributed by atoms with van der Waals surface area (Å²) in [7, 11) is 1.67. The van der Waals surface area contributed by atoms with Crippen LogP contribution in [0.2, 0.25) is 0 Å². The van der Waals surface area contributed by atoms with Crippen LogP contribution in [-0.2, 0) is 4.74 Å². The maximum atomic E-state index is 5.88. The zero-order valence-corrected chi connectivity index (χ0v) is 10.7. The topological polar surface area (TPSA) is 35.8 Å². The lowest BCUT2D eigenvalue weighted by Gasteiger charge is -2.25. The van der Waals surface area contributed by atoms with Crippen LogP contribution in [0.4, 0.5) is 0 Å². The number of rotatable bonds is 4. The molecule has 0 atom stereocenters. The molecule has 2 aromatic rings. The lowest BCUT2D eigenvalue weighted by molar-refractivity contribution is 0.0181. The van der Waals surface area contributed by atoms with Crippen molar-refractivity contribution in [2.24, 2.45) is 0 Å². The summed E-state index contributed by atoms with van der Waals surface area (Å²) >= 11 is 0. The molecule has 0 spiro atoms. The molecule has 0 saturated heterocycles. The summed E-state index contributed by atoms with van der Waals surface area (Å²) < 4.78 is 13.0. The van der Waals surface area contributed by atoms with Gasteiger partial charge in [-0.05, 0) is 26.8 Å². The van der Waals surface area contributed by atoms with Gasteiger partial charge in [0.05, 0.1) is 12.3 Å². The minimum Gasteiger partial charge on any atom is -0.485 e. The number of imidazole rings is 1. The van der Waals surface area contributed by atoms with Gasteiger partial charge in [0, 0.05) is 25.6 Å². The van der Waals surface area contributed by atoms with Crippen molar-refractivity contribution in [1.82, 2.24) is 9.38 Å². The van der Waals surface area contributed by atoms with Crippen LogP contribution in [0.15, 0.2) is 24.5 Å². The fraction of sp³-hybridized carbons (Fsp3) is 0.462. The van der Waals surface area contributed by atoms with Gasteiger partial charge in [0.25, 0.3) is 0 Å². The minimum absolute atomic E-state index is 0.339. The van der Waals surface area contributed by atoms with E-state index in [1.807, 2.05) is 49.7 Å². The lowest BCUT2D eigenvalue weighted by atomic mass is 10.1. The summed E-state index contributed by atoms with van der Waals surface area (Å²) in [6.45, 7) is 6.52. The third-order valence-electron chi connectivity index (χ3n) is 2.44. The summed E-state index contributed by atoms with van der Waals surface area (Å²) in [6.07, 6.45) is 3.94. The fourth-order valence-electron chi connectivity index (χ4n) is 1.85. The van der Waals surface area contributed by atoms with E-state index in [0.717, 1.165) is 17.1 Å². The van der Waals surface area contributed by atoms with Crippen LogP contribution >= 0.6 is 0 Å². The molecule has 0 amide bonds. The largest absolute Gasteiger partial charge is 0.485 e.